The number of hydrogen-bond acceptors (Lipinski definition) is 6. The third-order valence-electron chi connectivity index (χ3n) is 7.42. The first kappa shape index (κ1) is 21.2. The molecule has 4 rings (SSSR count). The molecule has 1 aromatic heterocycles. The van der Waals surface area contributed by atoms with E-state index in [4.69, 9.17) is 14.2 Å². The third-order valence-corrected chi connectivity index (χ3v) is 7.42. The molecule has 2 fully saturated rings. The molecule has 1 aliphatic carbocycles. The van der Waals surface area contributed by atoms with Crippen molar-refractivity contribution in [1.29, 1.82) is 0 Å². The molecule has 2 aromatic rings. The number of nitrogens with zero attached hydrogens (tertiary/aromatic N) is 2. The number of esters is 1. The van der Waals surface area contributed by atoms with Crippen molar-refractivity contribution in [1.82, 2.24) is 9.78 Å². The summed E-state index contributed by atoms with van der Waals surface area (Å²) < 4.78 is 18.0. The molecular weight excluding hydrogens is 398 g/mol. The molecule has 2 heterocycles. The Bertz CT molecular complexity index is 1030. The number of benzene rings is 1. The molecule has 2 atom stereocenters. The summed E-state index contributed by atoms with van der Waals surface area (Å²) in [7, 11) is 3.22. The van der Waals surface area contributed by atoms with Crippen LogP contribution in [0.25, 0.3) is 0 Å². The molecule has 1 N–H and O–H groups in total. The molecule has 1 saturated carbocycles. The number of ether oxygens (including phenoxy) is 3. The van der Waals surface area contributed by atoms with Crippen LogP contribution in [-0.4, -0.2) is 41.5 Å². The maximum atomic E-state index is 13.2. The summed E-state index contributed by atoms with van der Waals surface area (Å²) >= 11 is 0. The number of aromatic nitrogens is 2. The lowest BCUT2D eigenvalue weighted by Gasteiger charge is -2.35. The highest BCUT2D eigenvalue weighted by atomic mass is 16.6. The summed E-state index contributed by atoms with van der Waals surface area (Å²) in [5.41, 5.74) is -0.680. The highest BCUT2D eigenvalue weighted by Gasteiger charge is 2.75. The van der Waals surface area contributed by atoms with Crippen LogP contribution in [0.5, 0.6) is 11.5 Å². The van der Waals surface area contributed by atoms with Crippen LogP contribution < -0.4 is 14.8 Å². The van der Waals surface area contributed by atoms with E-state index in [1.165, 1.54) is 0 Å². The van der Waals surface area contributed by atoms with Crippen LogP contribution in [0.2, 0.25) is 0 Å². The van der Waals surface area contributed by atoms with Gasteiger partial charge in [-0.1, -0.05) is 19.9 Å². The van der Waals surface area contributed by atoms with Gasteiger partial charge >= 0.3 is 5.97 Å². The highest BCUT2D eigenvalue weighted by Crippen LogP contribution is 2.65. The Morgan fingerprint density at radius 1 is 1.19 bits per heavy atom. The van der Waals surface area contributed by atoms with Gasteiger partial charge in [0, 0.05) is 18.2 Å². The van der Waals surface area contributed by atoms with E-state index in [2.05, 4.69) is 10.4 Å². The fraction of sp³-hybridized carbons (Fsp3) is 0.522. The number of methoxy groups -OCH3 is 2. The van der Waals surface area contributed by atoms with E-state index in [-0.39, 0.29) is 11.9 Å². The van der Waals surface area contributed by atoms with Crippen molar-refractivity contribution in [2.24, 2.45) is 10.8 Å². The molecule has 0 spiro atoms. The minimum absolute atomic E-state index is 0.286. The Kier molecular flexibility index (Phi) is 4.98. The lowest BCUT2D eigenvalue weighted by Crippen LogP contribution is -2.50. The summed E-state index contributed by atoms with van der Waals surface area (Å²) in [6, 6.07) is 5.81. The average molecular weight is 428 g/mol. The normalized spacial score (nSPS) is 25.9. The van der Waals surface area contributed by atoms with Crippen molar-refractivity contribution in [3.8, 4) is 11.5 Å². The van der Waals surface area contributed by atoms with E-state index in [0.717, 1.165) is 12.0 Å². The standard InChI is InChI=1S/C23H29N3O5/c1-21(2)22(3)9-10-23(21,31-20(22)28)19(27)25-16-13-24-26(14-16)11-8-15-6-7-17(29-4)18(12-15)30-5/h6-7,12-14H,8-11H2,1-5H3,(H,25,27)/t22-,23+/m0/s1. The summed E-state index contributed by atoms with van der Waals surface area (Å²) in [4.78, 5) is 25.6. The van der Waals surface area contributed by atoms with E-state index in [1.54, 1.807) is 31.3 Å². The predicted octanol–water partition coefficient (Wildman–Crippen LogP) is 3.20. The summed E-state index contributed by atoms with van der Waals surface area (Å²) in [5.74, 6) is 0.800. The van der Waals surface area contributed by atoms with Gasteiger partial charge in [-0.2, -0.15) is 5.10 Å². The largest absolute Gasteiger partial charge is 0.493 e. The molecule has 8 heteroatoms. The highest BCUT2D eigenvalue weighted by molar-refractivity contribution is 6.03. The van der Waals surface area contributed by atoms with Gasteiger partial charge in [-0.15, -0.1) is 0 Å². The number of aryl methyl sites for hydroxylation is 2. The summed E-state index contributed by atoms with van der Waals surface area (Å²) in [5, 5.41) is 7.26. The molecular formula is C23H29N3O5. The van der Waals surface area contributed by atoms with Crippen molar-refractivity contribution in [2.75, 3.05) is 19.5 Å². The van der Waals surface area contributed by atoms with Gasteiger partial charge in [0.2, 0.25) is 0 Å². The number of carbonyl (C=O) groups is 2. The fourth-order valence-electron chi connectivity index (χ4n) is 4.81. The number of nitrogens with one attached hydrogen (secondary N) is 1. The van der Waals surface area contributed by atoms with Crippen molar-refractivity contribution >= 4 is 17.6 Å². The Hall–Kier alpha value is -3.03. The number of carbonyl (C=O) groups excluding carboxylic acids is 2. The van der Waals surface area contributed by atoms with Gasteiger partial charge in [-0.25, -0.2) is 0 Å². The van der Waals surface area contributed by atoms with E-state index < -0.39 is 16.4 Å². The van der Waals surface area contributed by atoms with Crippen molar-refractivity contribution in [2.45, 2.75) is 52.2 Å². The van der Waals surface area contributed by atoms with E-state index in [9.17, 15) is 9.59 Å². The third kappa shape index (κ3) is 3.07. The lowest BCUT2D eigenvalue weighted by atomic mass is 9.66. The summed E-state index contributed by atoms with van der Waals surface area (Å²) in [6.07, 6.45) is 5.31. The zero-order valence-electron chi connectivity index (χ0n) is 18.7. The maximum absolute atomic E-state index is 13.2. The van der Waals surface area contributed by atoms with Crippen LogP contribution in [-0.2, 0) is 27.3 Å². The zero-order chi connectivity index (χ0) is 22.4. The topological polar surface area (TPSA) is 91.7 Å². The molecule has 1 saturated heterocycles. The zero-order valence-corrected chi connectivity index (χ0v) is 18.7. The molecule has 1 aromatic carbocycles. The number of fused-ring (bicyclic) bond motifs is 2. The molecule has 8 nitrogen and oxygen atoms in total. The van der Waals surface area contributed by atoms with Gasteiger partial charge in [0.25, 0.3) is 5.91 Å². The molecule has 1 aliphatic heterocycles. The first-order valence-electron chi connectivity index (χ1n) is 10.4. The number of amides is 1. The molecule has 166 valence electrons. The Labute approximate surface area is 181 Å². The van der Waals surface area contributed by atoms with E-state index in [1.807, 2.05) is 39.0 Å². The Morgan fingerprint density at radius 2 is 1.94 bits per heavy atom. The second-order valence-electron chi connectivity index (χ2n) is 9.06. The molecule has 0 unspecified atom stereocenters. The van der Waals surface area contributed by atoms with Gasteiger partial charge in [0.05, 0.1) is 31.5 Å². The molecule has 2 aliphatic rings. The number of hydrogen-bond donors (Lipinski definition) is 1. The predicted molar refractivity (Wildman–Crippen MR) is 114 cm³/mol. The van der Waals surface area contributed by atoms with Crippen molar-refractivity contribution < 1.29 is 23.8 Å². The Balaban J connectivity index is 1.42. The fourth-order valence-corrected chi connectivity index (χ4v) is 4.81. The molecule has 2 bridgehead atoms. The van der Waals surface area contributed by atoms with Gasteiger partial charge in [0.15, 0.2) is 17.1 Å². The second kappa shape index (κ2) is 7.28. The van der Waals surface area contributed by atoms with Crippen LogP contribution in [0.15, 0.2) is 30.6 Å². The quantitative estimate of drug-likeness (QED) is 0.683. The van der Waals surface area contributed by atoms with Gasteiger partial charge < -0.3 is 19.5 Å². The first-order valence-corrected chi connectivity index (χ1v) is 10.4. The molecule has 1 amide bonds. The monoisotopic (exact) mass is 427 g/mol. The van der Waals surface area contributed by atoms with Crippen LogP contribution >= 0.6 is 0 Å². The van der Waals surface area contributed by atoms with Gasteiger partial charge in [-0.3, -0.25) is 14.3 Å². The molecule has 0 radical (unpaired) electrons. The SMILES string of the molecule is COc1ccc(CCn2cc(NC(=O)[C@@]34CC[C@@](C)(C(=O)O3)C4(C)C)cn2)cc1OC. The minimum Gasteiger partial charge on any atom is -0.493 e. The second-order valence-corrected chi connectivity index (χ2v) is 9.06. The van der Waals surface area contributed by atoms with Crippen molar-refractivity contribution in [3.63, 3.8) is 0 Å². The van der Waals surface area contributed by atoms with Crippen LogP contribution in [0.4, 0.5) is 5.69 Å². The Morgan fingerprint density at radius 3 is 2.55 bits per heavy atom. The van der Waals surface area contributed by atoms with E-state index >= 15 is 0 Å². The van der Waals surface area contributed by atoms with Gasteiger partial charge in [-0.05, 0) is 43.9 Å². The van der Waals surface area contributed by atoms with Crippen molar-refractivity contribution in [3.05, 3.63) is 36.2 Å². The summed E-state index contributed by atoms with van der Waals surface area (Å²) in [6.45, 7) is 6.41. The minimum atomic E-state index is -1.14. The smallest absolute Gasteiger partial charge is 0.313 e. The number of rotatable bonds is 7. The van der Waals surface area contributed by atoms with Gasteiger partial charge in [0.1, 0.15) is 0 Å². The number of anilines is 1. The van der Waals surface area contributed by atoms with Crippen LogP contribution in [0.3, 0.4) is 0 Å². The average Bonchev–Trinajstić information content (AvgIpc) is 3.32. The lowest BCUT2D eigenvalue weighted by molar-refractivity contribution is -0.165. The van der Waals surface area contributed by atoms with Crippen LogP contribution in [0, 0.1) is 10.8 Å². The van der Waals surface area contributed by atoms with E-state index in [0.29, 0.717) is 36.6 Å². The van der Waals surface area contributed by atoms with Crippen LogP contribution in [0.1, 0.15) is 39.2 Å². The molecule has 31 heavy (non-hydrogen) atoms. The first-order chi connectivity index (χ1) is 14.7. The maximum Gasteiger partial charge on any atom is 0.313 e.